The molecular formula is C22H23N5O3. The summed E-state index contributed by atoms with van der Waals surface area (Å²) in [5.74, 6) is 0.998. The van der Waals surface area contributed by atoms with Crippen molar-refractivity contribution >= 4 is 28.3 Å². The Morgan fingerprint density at radius 1 is 1.03 bits per heavy atom. The molecule has 0 atom stereocenters. The van der Waals surface area contributed by atoms with Crippen molar-refractivity contribution in [3.05, 3.63) is 64.7 Å². The second-order valence-electron chi connectivity index (χ2n) is 6.88. The molecule has 0 radical (unpaired) electrons. The number of ether oxygens (including phenoxy) is 1. The maximum absolute atomic E-state index is 13.2. The first kappa shape index (κ1) is 19.6. The molecule has 154 valence electrons. The highest BCUT2D eigenvalue weighted by Crippen LogP contribution is 2.24. The monoisotopic (exact) mass is 405 g/mol. The van der Waals surface area contributed by atoms with Crippen molar-refractivity contribution in [2.24, 2.45) is 0 Å². The number of benzene rings is 2. The molecule has 0 saturated carbocycles. The number of rotatable bonds is 7. The Balaban J connectivity index is 1.75. The Morgan fingerprint density at radius 2 is 1.77 bits per heavy atom. The van der Waals surface area contributed by atoms with Gasteiger partial charge in [-0.1, -0.05) is 31.2 Å². The number of nitrogens with zero attached hydrogens (tertiary/aromatic N) is 4. The van der Waals surface area contributed by atoms with E-state index in [1.807, 2.05) is 43.3 Å². The van der Waals surface area contributed by atoms with Gasteiger partial charge >= 0.3 is 0 Å². The standard InChI is InChI=1S/C22H23N5O3/c1-3-9-19-24-25-21-22(29)26(16-11-6-7-12-17(16)27(19)21)14-20(28)23-15-10-5-8-13-18(15)30-4-2/h5-8,10-13H,3-4,9,14H2,1-2H3,(H,23,28). The molecule has 0 aliphatic heterocycles. The van der Waals surface area contributed by atoms with Crippen molar-refractivity contribution in [3.8, 4) is 5.75 Å². The van der Waals surface area contributed by atoms with Crippen molar-refractivity contribution in [2.45, 2.75) is 33.2 Å². The Morgan fingerprint density at radius 3 is 2.53 bits per heavy atom. The number of aryl methyl sites for hydroxylation is 1. The molecule has 0 fully saturated rings. The number of hydrogen-bond donors (Lipinski definition) is 1. The van der Waals surface area contributed by atoms with E-state index in [1.165, 1.54) is 4.57 Å². The molecule has 4 aromatic rings. The van der Waals surface area contributed by atoms with Gasteiger partial charge in [0.05, 0.1) is 23.3 Å². The molecule has 30 heavy (non-hydrogen) atoms. The fourth-order valence-corrected chi connectivity index (χ4v) is 3.55. The van der Waals surface area contributed by atoms with Crippen molar-refractivity contribution in [1.29, 1.82) is 0 Å². The summed E-state index contributed by atoms with van der Waals surface area (Å²) in [6.45, 7) is 4.27. The van der Waals surface area contributed by atoms with Gasteiger partial charge in [-0.2, -0.15) is 0 Å². The van der Waals surface area contributed by atoms with Gasteiger partial charge in [0.15, 0.2) is 0 Å². The van der Waals surface area contributed by atoms with E-state index in [-0.39, 0.29) is 23.7 Å². The van der Waals surface area contributed by atoms with Crippen molar-refractivity contribution < 1.29 is 9.53 Å². The number of fused-ring (bicyclic) bond motifs is 3. The highest BCUT2D eigenvalue weighted by Gasteiger charge is 2.18. The number of nitrogens with one attached hydrogen (secondary N) is 1. The summed E-state index contributed by atoms with van der Waals surface area (Å²) >= 11 is 0. The van der Waals surface area contributed by atoms with Crippen LogP contribution in [0.2, 0.25) is 0 Å². The summed E-state index contributed by atoms with van der Waals surface area (Å²) in [6, 6.07) is 14.7. The summed E-state index contributed by atoms with van der Waals surface area (Å²) < 4.78 is 8.79. The third-order valence-electron chi connectivity index (χ3n) is 4.82. The van der Waals surface area contributed by atoms with Gasteiger partial charge in [-0.15, -0.1) is 10.2 Å². The number of carbonyl (C=O) groups is 1. The van der Waals surface area contributed by atoms with Crippen molar-refractivity contribution in [1.82, 2.24) is 19.2 Å². The third-order valence-corrected chi connectivity index (χ3v) is 4.82. The molecule has 8 nitrogen and oxygen atoms in total. The van der Waals surface area contributed by atoms with E-state index in [1.54, 1.807) is 16.5 Å². The molecule has 1 N–H and O–H groups in total. The summed E-state index contributed by atoms with van der Waals surface area (Å²) in [5, 5.41) is 11.1. The van der Waals surface area contributed by atoms with Crippen LogP contribution in [0.5, 0.6) is 5.75 Å². The Labute approximate surface area is 173 Å². The molecule has 0 saturated heterocycles. The van der Waals surface area contributed by atoms with Gasteiger partial charge in [-0.3, -0.25) is 18.6 Å². The summed E-state index contributed by atoms with van der Waals surface area (Å²) in [7, 11) is 0. The summed E-state index contributed by atoms with van der Waals surface area (Å²) in [6.07, 6.45) is 1.60. The van der Waals surface area contributed by atoms with Gasteiger partial charge in [0.1, 0.15) is 18.1 Å². The number of carbonyl (C=O) groups excluding carboxylic acids is 1. The molecule has 0 aliphatic rings. The number of para-hydroxylation sites is 4. The molecule has 2 aromatic heterocycles. The second kappa shape index (κ2) is 8.36. The van der Waals surface area contributed by atoms with E-state index >= 15 is 0 Å². The Kier molecular flexibility index (Phi) is 5.47. The van der Waals surface area contributed by atoms with Gasteiger partial charge in [0.25, 0.3) is 5.56 Å². The molecule has 0 spiro atoms. The molecule has 0 bridgehead atoms. The largest absolute Gasteiger partial charge is 0.492 e. The lowest BCUT2D eigenvalue weighted by Crippen LogP contribution is -2.29. The molecule has 2 heterocycles. The van der Waals surface area contributed by atoms with Crippen LogP contribution in [0.3, 0.4) is 0 Å². The number of anilines is 1. The van der Waals surface area contributed by atoms with E-state index < -0.39 is 0 Å². The smallest absolute Gasteiger partial charge is 0.297 e. The van der Waals surface area contributed by atoms with E-state index in [2.05, 4.69) is 22.4 Å². The number of aromatic nitrogens is 4. The first-order valence-corrected chi connectivity index (χ1v) is 10.0. The van der Waals surface area contributed by atoms with Crippen LogP contribution in [0.15, 0.2) is 53.3 Å². The van der Waals surface area contributed by atoms with E-state index in [0.29, 0.717) is 30.0 Å². The van der Waals surface area contributed by atoms with Crippen LogP contribution in [-0.4, -0.2) is 31.7 Å². The predicted molar refractivity (Wildman–Crippen MR) is 115 cm³/mol. The molecular weight excluding hydrogens is 382 g/mol. The maximum atomic E-state index is 13.2. The number of amides is 1. The molecule has 0 unspecified atom stereocenters. The van der Waals surface area contributed by atoms with Crippen molar-refractivity contribution in [3.63, 3.8) is 0 Å². The summed E-state index contributed by atoms with van der Waals surface area (Å²) in [4.78, 5) is 26.0. The van der Waals surface area contributed by atoms with E-state index in [9.17, 15) is 9.59 Å². The minimum absolute atomic E-state index is 0.147. The molecule has 8 heteroatoms. The average Bonchev–Trinajstić information content (AvgIpc) is 3.17. The molecule has 4 rings (SSSR count). The zero-order chi connectivity index (χ0) is 21.1. The maximum Gasteiger partial charge on any atom is 0.297 e. The topological polar surface area (TPSA) is 90.5 Å². The van der Waals surface area contributed by atoms with Gasteiger partial charge in [-0.25, -0.2) is 0 Å². The van der Waals surface area contributed by atoms with Crippen molar-refractivity contribution in [2.75, 3.05) is 11.9 Å². The molecule has 1 amide bonds. The minimum Gasteiger partial charge on any atom is -0.492 e. The van der Waals surface area contributed by atoms with E-state index in [0.717, 1.165) is 17.8 Å². The highest BCUT2D eigenvalue weighted by molar-refractivity contribution is 5.93. The van der Waals surface area contributed by atoms with Gasteiger partial charge in [-0.05, 0) is 37.6 Å². The molecule has 0 aliphatic carbocycles. The van der Waals surface area contributed by atoms with Crippen LogP contribution in [-0.2, 0) is 17.8 Å². The Hall–Kier alpha value is -3.68. The van der Waals surface area contributed by atoms with E-state index in [4.69, 9.17) is 4.74 Å². The fourth-order valence-electron chi connectivity index (χ4n) is 3.55. The SMILES string of the molecule is CCCc1nnc2c(=O)n(CC(=O)Nc3ccccc3OCC)c3ccccc3n12. The average molecular weight is 405 g/mol. The lowest BCUT2D eigenvalue weighted by Gasteiger charge is -2.14. The Bertz CT molecular complexity index is 1270. The zero-order valence-corrected chi connectivity index (χ0v) is 17.0. The van der Waals surface area contributed by atoms with Crippen LogP contribution in [0.4, 0.5) is 5.69 Å². The lowest BCUT2D eigenvalue weighted by molar-refractivity contribution is -0.116. The van der Waals surface area contributed by atoms with Crippen LogP contribution in [0.1, 0.15) is 26.1 Å². The van der Waals surface area contributed by atoms with Crippen LogP contribution in [0.25, 0.3) is 16.7 Å². The number of hydrogen-bond acceptors (Lipinski definition) is 5. The third kappa shape index (κ3) is 3.52. The highest BCUT2D eigenvalue weighted by atomic mass is 16.5. The quantitative estimate of drug-likeness (QED) is 0.510. The first-order chi connectivity index (χ1) is 14.6. The van der Waals surface area contributed by atoms with Crippen LogP contribution in [0, 0.1) is 0 Å². The van der Waals surface area contributed by atoms with Gasteiger partial charge in [0.2, 0.25) is 11.6 Å². The first-order valence-electron chi connectivity index (χ1n) is 10.0. The van der Waals surface area contributed by atoms with Crippen LogP contribution < -0.4 is 15.6 Å². The lowest BCUT2D eigenvalue weighted by atomic mass is 10.2. The second-order valence-corrected chi connectivity index (χ2v) is 6.88. The zero-order valence-electron chi connectivity index (χ0n) is 17.0. The van der Waals surface area contributed by atoms with Crippen LogP contribution >= 0.6 is 0 Å². The van der Waals surface area contributed by atoms with Gasteiger partial charge < -0.3 is 10.1 Å². The minimum atomic E-state index is -0.350. The molecule has 2 aromatic carbocycles. The normalized spacial score (nSPS) is 11.1. The summed E-state index contributed by atoms with van der Waals surface area (Å²) in [5.41, 5.74) is 1.88. The fraction of sp³-hybridized carbons (Fsp3) is 0.273. The van der Waals surface area contributed by atoms with Gasteiger partial charge in [0, 0.05) is 6.42 Å². The predicted octanol–water partition coefficient (Wildman–Crippen LogP) is 3.03.